The highest BCUT2D eigenvalue weighted by atomic mass is 16.5. The van der Waals surface area contributed by atoms with Crippen LogP contribution in [0.2, 0.25) is 0 Å². The maximum atomic E-state index is 12.2. The van der Waals surface area contributed by atoms with Gasteiger partial charge in [-0.05, 0) is 55.5 Å². The lowest BCUT2D eigenvalue weighted by Crippen LogP contribution is -2.12. The summed E-state index contributed by atoms with van der Waals surface area (Å²) >= 11 is 0. The van der Waals surface area contributed by atoms with Crippen molar-refractivity contribution in [3.8, 4) is 5.75 Å². The molecule has 0 aliphatic heterocycles. The molecular formula is C21H17NO3. The summed E-state index contributed by atoms with van der Waals surface area (Å²) in [7, 11) is 0. The molecule has 0 bridgehead atoms. The Morgan fingerprint density at radius 3 is 2.00 bits per heavy atom. The van der Waals surface area contributed by atoms with E-state index in [1.54, 1.807) is 60.7 Å². The highest BCUT2D eigenvalue weighted by Crippen LogP contribution is 2.15. The smallest absolute Gasteiger partial charge is 0.343 e. The monoisotopic (exact) mass is 331 g/mol. The number of benzene rings is 3. The molecule has 4 nitrogen and oxygen atoms in total. The van der Waals surface area contributed by atoms with Crippen LogP contribution in [0, 0.1) is 6.92 Å². The van der Waals surface area contributed by atoms with Gasteiger partial charge in [0.15, 0.2) is 0 Å². The fraction of sp³-hybridized carbons (Fsp3) is 0.0476. The fourth-order valence-corrected chi connectivity index (χ4v) is 2.25. The van der Waals surface area contributed by atoms with E-state index in [1.165, 1.54) is 0 Å². The van der Waals surface area contributed by atoms with E-state index < -0.39 is 5.97 Å². The maximum Gasteiger partial charge on any atom is 0.343 e. The van der Waals surface area contributed by atoms with Crippen molar-refractivity contribution in [2.24, 2.45) is 0 Å². The van der Waals surface area contributed by atoms with Crippen molar-refractivity contribution in [2.75, 3.05) is 5.32 Å². The van der Waals surface area contributed by atoms with E-state index in [1.807, 2.05) is 25.1 Å². The van der Waals surface area contributed by atoms with Crippen molar-refractivity contribution < 1.29 is 14.3 Å². The van der Waals surface area contributed by atoms with Gasteiger partial charge in [-0.15, -0.1) is 0 Å². The largest absolute Gasteiger partial charge is 0.423 e. The van der Waals surface area contributed by atoms with E-state index >= 15 is 0 Å². The number of carbonyl (C=O) groups is 2. The second-order valence-electron chi connectivity index (χ2n) is 5.60. The van der Waals surface area contributed by atoms with Gasteiger partial charge in [-0.25, -0.2) is 4.79 Å². The first-order valence-corrected chi connectivity index (χ1v) is 7.87. The molecule has 0 fully saturated rings. The van der Waals surface area contributed by atoms with Crippen LogP contribution in [0.15, 0.2) is 78.9 Å². The number of hydrogen-bond donors (Lipinski definition) is 1. The number of nitrogens with one attached hydrogen (secondary N) is 1. The first kappa shape index (κ1) is 16.5. The molecule has 3 aromatic carbocycles. The predicted octanol–water partition coefficient (Wildman–Crippen LogP) is 4.47. The molecule has 3 rings (SSSR count). The van der Waals surface area contributed by atoms with Crippen LogP contribution in [-0.4, -0.2) is 11.9 Å². The summed E-state index contributed by atoms with van der Waals surface area (Å²) in [4.78, 5) is 24.3. The van der Waals surface area contributed by atoms with Gasteiger partial charge in [0, 0.05) is 11.3 Å². The Morgan fingerprint density at radius 1 is 0.760 bits per heavy atom. The average molecular weight is 331 g/mol. The molecule has 0 unspecified atom stereocenters. The average Bonchev–Trinajstić information content (AvgIpc) is 2.63. The van der Waals surface area contributed by atoms with Gasteiger partial charge in [0.25, 0.3) is 5.91 Å². The zero-order chi connectivity index (χ0) is 17.6. The summed E-state index contributed by atoms with van der Waals surface area (Å²) in [6.45, 7) is 1.97. The summed E-state index contributed by atoms with van der Waals surface area (Å²) < 4.78 is 5.28. The van der Waals surface area contributed by atoms with Crippen molar-refractivity contribution in [2.45, 2.75) is 6.92 Å². The molecular weight excluding hydrogens is 314 g/mol. The van der Waals surface area contributed by atoms with E-state index in [2.05, 4.69) is 5.32 Å². The number of amides is 1. The highest BCUT2D eigenvalue weighted by Gasteiger charge is 2.10. The van der Waals surface area contributed by atoms with Crippen molar-refractivity contribution in [3.63, 3.8) is 0 Å². The molecule has 0 atom stereocenters. The molecule has 0 saturated carbocycles. The Labute approximate surface area is 146 Å². The van der Waals surface area contributed by atoms with Gasteiger partial charge in [0.2, 0.25) is 0 Å². The number of anilines is 1. The third-order valence-corrected chi connectivity index (χ3v) is 3.65. The van der Waals surface area contributed by atoms with Crippen LogP contribution < -0.4 is 10.1 Å². The quantitative estimate of drug-likeness (QED) is 0.567. The summed E-state index contributed by atoms with van der Waals surface area (Å²) in [5.74, 6) is -0.147. The minimum absolute atomic E-state index is 0.195. The van der Waals surface area contributed by atoms with Crippen LogP contribution in [0.4, 0.5) is 5.69 Å². The van der Waals surface area contributed by atoms with Gasteiger partial charge in [-0.1, -0.05) is 35.9 Å². The molecule has 0 aliphatic carbocycles. The number of esters is 1. The molecule has 4 heteroatoms. The summed E-state index contributed by atoms with van der Waals surface area (Å²) in [6.07, 6.45) is 0. The Hall–Kier alpha value is -3.40. The zero-order valence-electron chi connectivity index (χ0n) is 13.7. The number of hydrogen-bond acceptors (Lipinski definition) is 3. The van der Waals surface area contributed by atoms with Crippen LogP contribution in [0.1, 0.15) is 26.3 Å². The summed E-state index contributed by atoms with van der Waals surface area (Å²) in [5, 5.41) is 2.80. The van der Waals surface area contributed by atoms with E-state index in [-0.39, 0.29) is 5.91 Å². The third-order valence-electron chi connectivity index (χ3n) is 3.65. The van der Waals surface area contributed by atoms with Crippen LogP contribution in [0.25, 0.3) is 0 Å². The highest BCUT2D eigenvalue weighted by molar-refractivity contribution is 6.04. The van der Waals surface area contributed by atoms with E-state index in [0.717, 1.165) is 5.56 Å². The lowest BCUT2D eigenvalue weighted by atomic mass is 10.1. The van der Waals surface area contributed by atoms with Crippen molar-refractivity contribution in [3.05, 3.63) is 95.6 Å². The summed E-state index contributed by atoms with van der Waals surface area (Å²) in [6, 6.07) is 22.8. The molecule has 0 spiro atoms. The van der Waals surface area contributed by atoms with Gasteiger partial charge in [0.05, 0.1) is 5.56 Å². The van der Waals surface area contributed by atoms with Crippen LogP contribution in [0.3, 0.4) is 0 Å². The Balaban J connectivity index is 1.64. The number of rotatable bonds is 4. The van der Waals surface area contributed by atoms with Crippen molar-refractivity contribution >= 4 is 17.6 Å². The van der Waals surface area contributed by atoms with Crippen molar-refractivity contribution in [1.82, 2.24) is 0 Å². The normalized spacial score (nSPS) is 10.1. The molecule has 0 saturated heterocycles. The second kappa shape index (κ2) is 7.45. The van der Waals surface area contributed by atoms with E-state index in [4.69, 9.17) is 4.74 Å². The molecule has 25 heavy (non-hydrogen) atoms. The maximum absolute atomic E-state index is 12.2. The van der Waals surface area contributed by atoms with E-state index in [9.17, 15) is 9.59 Å². The minimum Gasteiger partial charge on any atom is -0.423 e. The zero-order valence-corrected chi connectivity index (χ0v) is 13.7. The van der Waals surface area contributed by atoms with Crippen LogP contribution in [0.5, 0.6) is 5.75 Å². The van der Waals surface area contributed by atoms with Gasteiger partial charge < -0.3 is 10.1 Å². The number of carbonyl (C=O) groups excluding carboxylic acids is 2. The first-order chi connectivity index (χ1) is 12.1. The van der Waals surface area contributed by atoms with Gasteiger partial charge in [-0.2, -0.15) is 0 Å². The molecule has 0 heterocycles. The number of aryl methyl sites for hydroxylation is 1. The lowest BCUT2D eigenvalue weighted by molar-refractivity contribution is 0.0734. The second-order valence-corrected chi connectivity index (χ2v) is 5.60. The SMILES string of the molecule is Cc1ccc(C(=O)Nc2ccc(C(=O)Oc3ccccc3)cc2)cc1. The van der Waals surface area contributed by atoms with Gasteiger partial charge in [-0.3, -0.25) is 4.79 Å². The van der Waals surface area contributed by atoms with Crippen LogP contribution in [-0.2, 0) is 0 Å². The summed E-state index contributed by atoms with van der Waals surface area (Å²) in [5.41, 5.74) is 2.70. The predicted molar refractivity (Wildman–Crippen MR) is 97.0 cm³/mol. The Bertz CT molecular complexity index is 869. The molecule has 1 amide bonds. The minimum atomic E-state index is -0.442. The molecule has 124 valence electrons. The molecule has 0 aromatic heterocycles. The molecule has 0 radical (unpaired) electrons. The Kier molecular flexibility index (Phi) is 4.90. The van der Waals surface area contributed by atoms with E-state index in [0.29, 0.717) is 22.6 Å². The van der Waals surface area contributed by atoms with Crippen molar-refractivity contribution in [1.29, 1.82) is 0 Å². The van der Waals surface area contributed by atoms with Crippen LogP contribution >= 0.6 is 0 Å². The third kappa shape index (κ3) is 4.32. The lowest BCUT2D eigenvalue weighted by Gasteiger charge is -2.07. The molecule has 0 aliphatic rings. The first-order valence-electron chi connectivity index (χ1n) is 7.87. The standard InChI is InChI=1S/C21H17NO3/c1-15-7-9-16(10-8-15)20(23)22-18-13-11-17(12-14-18)21(24)25-19-5-3-2-4-6-19/h2-14H,1H3,(H,22,23). The van der Waals surface area contributed by atoms with Gasteiger partial charge in [0.1, 0.15) is 5.75 Å². The Morgan fingerprint density at radius 2 is 1.36 bits per heavy atom. The van der Waals surface area contributed by atoms with Gasteiger partial charge >= 0.3 is 5.97 Å². The number of para-hydroxylation sites is 1. The fourth-order valence-electron chi connectivity index (χ4n) is 2.25. The number of ether oxygens (including phenoxy) is 1. The molecule has 1 N–H and O–H groups in total. The topological polar surface area (TPSA) is 55.4 Å². The molecule has 3 aromatic rings.